The minimum absolute atomic E-state index is 0.413. The minimum atomic E-state index is 0.413. The number of unbranched alkanes of at least 4 members (excludes halogenated alkanes) is 1. The molecule has 1 aromatic carbocycles. The summed E-state index contributed by atoms with van der Waals surface area (Å²) in [6.07, 6.45) is 2.47. The molecule has 1 unspecified atom stereocenters. The van der Waals surface area contributed by atoms with Crippen molar-refractivity contribution < 1.29 is 4.74 Å². The smallest absolute Gasteiger partial charge is 0.119 e. The predicted octanol–water partition coefficient (Wildman–Crippen LogP) is 4.17. The van der Waals surface area contributed by atoms with Gasteiger partial charge in [-0.3, -0.25) is 0 Å². The molecular formula is C16H27NO. The fraction of sp³-hybridized carbons (Fsp3) is 0.625. The van der Waals surface area contributed by atoms with Gasteiger partial charge < -0.3 is 10.1 Å². The van der Waals surface area contributed by atoms with Crippen LogP contribution in [0.4, 0.5) is 0 Å². The van der Waals surface area contributed by atoms with Gasteiger partial charge in [-0.15, -0.1) is 0 Å². The van der Waals surface area contributed by atoms with Crippen LogP contribution in [0, 0.1) is 5.92 Å². The standard InChI is InChI=1S/C16H27NO/c1-5-6-11-17-14(4)15-7-9-16(10-8-15)18-12-13(2)3/h7-10,13-14,17H,5-6,11-12H2,1-4H3. The van der Waals surface area contributed by atoms with Crippen LogP contribution in [0.1, 0.15) is 52.1 Å². The van der Waals surface area contributed by atoms with Crippen LogP contribution in [-0.2, 0) is 0 Å². The second-order valence-electron chi connectivity index (χ2n) is 5.30. The lowest BCUT2D eigenvalue weighted by Crippen LogP contribution is -2.19. The predicted molar refractivity (Wildman–Crippen MR) is 78.1 cm³/mol. The number of benzene rings is 1. The highest BCUT2D eigenvalue weighted by molar-refractivity contribution is 5.28. The van der Waals surface area contributed by atoms with E-state index in [1.165, 1.54) is 18.4 Å². The van der Waals surface area contributed by atoms with Crippen LogP contribution in [0.25, 0.3) is 0 Å². The molecule has 0 aliphatic rings. The first kappa shape index (κ1) is 15.0. The van der Waals surface area contributed by atoms with Gasteiger partial charge in [-0.05, 0) is 43.5 Å². The van der Waals surface area contributed by atoms with E-state index in [4.69, 9.17) is 4.74 Å². The number of rotatable bonds is 8. The summed E-state index contributed by atoms with van der Waals surface area (Å²) < 4.78 is 5.68. The molecule has 1 aromatic rings. The molecule has 1 N–H and O–H groups in total. The van der Waals surface area contributed by atoms with Gasteiger partial charge in [-0.2, -0.15) is 0 Å². The minimum Gasteiger partial charge on any atom is -0.493 e. The summed E-state index contributed by atoms with van der Waals surface area (Å²) in [7, 11) is 0. The van der Waals surface area contributed by atoms with Crippen LogP contribution in [0.15, 0.2) is 24.3 Å². The van der Waals surface area contributed by atoms with E-state index in [-0.39, 0.29) is 0 Å². The Morgan fingerprint density at radius 1 is 1.11 bits per heavy atom. The first-order valence-corrected chi connectivity index (χ1v) is 7.09. The lowest BCUT2D eigenvalue weighted by Gasteiger charge is -2.15. The maximum absolute atomic E-state index is 5.68. The lowest BCUT2D eigenvalue weighted by molar-refractivity contribution is 0.271. The molecule has 1 atom stereocenters. The molecule has 2 nitrogen and oxygen atoms in total. The Kier molecular flexibility index (Phi) is 6.81. The van der Waals surface area contributed by atoms with E-state index in [1.54, 1.807) is 0 Å². The van der Waals surface area contributed by atoms with E-state index in [2.05, 4.69) is 57.3 Å². The van der Waals surface area contributed by atoms with Crippen molar-refractivity contribution in [3.05, 3.63) is 29.8 Å². The van der Waals surface area contributed by atoms with Crippen LogP contribution in [0.5, 0.6) is 5.75 Å². The third-order valence-electron chi connectivity index (χ3n) is 2.94. The molecule has 18 heavy (non-hydrogen) atoms. The topological polar surface area (TPSA) is 21.3 Å². The maximum atomic E-state index is 5.68. The highest BCUT2D eigenvalue weighted by Crippen LogP contribution is 2.18. The van der Waals surface area contributed by atoms with Gasteiger partial charge in [0.05, 0.1) is 6.61 Å². The van der Waals surface area contributed by atoms with E-state index >= 15 is 0 Å². The van der Waals surface area contributed by atoms with Gasteiger partial charge in [-0.1, -0.05) is 39.3 Å². The Morgan fingerprint density at radius 3 is 2.33 bits per heavy atom. The zero-order chi connectivity index (χ0) is 13.4. The van der Waals surface area contributed by atoms with Crippen LogP contribution in [-0.4, -0.2) is 13.2 Å². The molecule has 0 bridgehead atoms. The van der Waals surface area contributed by atoms with E-state index in [1.807, 2.05) is 0 Å². The van der Waals surface area contributed by atoms with E-state index in [0.29, 0.717) is 12.0 Å². The SMILES string of the molecule is CCCCNC(C)c1ccc(OCC(C)C)cc1. The van der Waals surface area contributed by atoms with Crippen LogP contribution < -0.4 is 10.1 Å². The molecule has 0 aromatic heterocycles. The van der Waals surface area contributed by atoms with Crippen molar-refractivity contribution in [2.75, 3.05) is 13.2 Å². The molecule has 0 saturated carbocycles. The summed E-state index contributed by atoms with van der Waals surface area (Å²) >= 11 is 0. The molecule has 0 fully saturated rings. The third kappa shape index (κ3) is 5.54. The molecule has 1 rings (SSSR count). The van der Waals surface area contributed by atoms with Crippen molar-refractivity contribution in [2.45, 2.75) is 46.6 Å². The van der Waals surface area contributed by atoms with Crippen molar-refractivity contribution in [1.29, 1.82) is 0 Å². The van der Waals surface area contributed by atoms with Crippen molar-refractivity contribution in [2.24, 2.45) is 5.92 Å². The molecule has 2 heteroatoms. The fourth-order valence-electron chi connectivity index (χ4n) is 1.73. The number of nitrogens with one attached hydrogen (secondary N) is 1. The van der Waals surface area contributed by atoms with Gasteiger partial charge in [0.15, 0.2) is 0 Å². The molecule has 0 spiro atoms. The first-order chi connectivity index (χ1) is 8.63. The van der Waals surface area contributed by atoms with E-state index < -0.39 is 0 Å². The Labute approximate surface area is 112 Å². The zero-order valence-corrected chi connectivity index (χ0v) is 12.2. The van der Waals surface area contributed by atoms with Gasteiger partial charge in [-0.25, -0.2) is 0 Å². The highest BCUT2D eigenvalue weighted by atomic mass is 16.5. The fourth-order valence-corrected chi connectivity index (χ4v) is 1.73. The molecule has 0 aliphatic carbocycles. The average Bonchev–Trinajstić information content (AvgIpc) is 2.37. The Morgan fingerprint density at radius 2 is 1.78 bits per heavy atom. The highest BCUT2D eigenvalue weighted by Gasteiger charge is 2.04. The maximum Gasteiger partial charge on any atom is 0.119 e. The third-order valence-corrected chi connectivity index (χ3v) is 2.94. The van der Waals surface area contributed by atoms with Crippen LogP contribution >= 0.6 is 0 Å². The first-order valence-electron chi connectivity index (χ1n) is 7.09. The van der Waals surface area contributed by atoms with Gasteiger partial charge >= 0.3 is 0 Å². The molecule has 0 radical (unpaired) electrons. The van der Waals surface area contributed by atoms with Crippen molar-refractivity contribution in [3.8, 4) is 5.75 Å². The van der Waals surface area contributed by atoms with Gasteiger partial charge in [0.2, 0.25) is 0 Å². The second-order valence-corrected chi connectivity index (χ2v) is 5.30. The van der Waals surface area contributed by atoms with Gasteiger partial charge in [0, 0.05) is 6.04 Å². The van der Waals surface area contributed by atoms with Crippen molar-refractivity contribution in [3.63, 3.8) is 0 Å². The molecule has 102 valence electrons. The van der Waals surface area contributed by atoms with Gasteiger partial charge in [0.1, 0.15) is 5.75 Å². The summed E-state index contributed by atoms with van der Waals surface area (Å²) in [5.41, 5.74) is 1.32. The monoisotopic (exact) mass is 249 g/mol. The molecule has 0 saturated heterocycles. The van der Waals surface area contributed by atoms with Crippen LogP contribution in [0.2, 0.25) is 0 Å². The average molecular weight is 249 g/mol. The summed E-state index contributed by atoms with van der Waals surface area (Å²) in [6.45, 7) is 10.6. The zero-order valence-electron chi connectivity index (χ0n) is 12.2. The van der Waals surface area contributed by atoms with Crippen LogP contribution in [0.3, 0.4) is 0 Å². The van der Waals surface area contributed by atoms with Crippen molar-refractivity contribution >= 4 is 0 Å². The van der Waals surface area contributed by atoms with Gasteiger partial charge in [0.25, 0.3) is 0 Å². The molecule has 0 heterocycles. The quantitative estimate of drug-likeness (QED) is 0.698. The van der Waals surface area contributed by atoms with Crippen molar-refractivity contribution in [1.82, 2.24) is 5.32 Å². The van der Waals surface area contributed by atoms with E-state index in [9.17, 15) is 0 Å². The Bertz CT molecular complexity index is 318. The Balaban J connectivity index is 2.43. The lowest BCUT2D eigenvalue weighted by atomic mass is 10.1. The molecular weight excluding hydrogens is 222 g/mol. The Hall–Kier alpha value is -1.02. The number of hydrogen-bond acceptors (Lipinski definition) is 2. The number of hydrogen-bond donors (Lipinski definition) is 1. The summed E-state index contributed by atoms with van der Waals surface area (Å²) in [4.78, 5) is 0. The normalized spacial score (nSPS) is 12.7. The largest absolute Gasteiger partial charge is 0.493 e. The number of ether oxygens (including phenoxy) is 1. The second kappa shape index (κ2) is 8.15. The molecule has 0 aliphatic heterocycles. The summed E-state index contributed by atoms with van der Waals surface area (Å²) in [5, 5.41) is 3.53. The molecule has 0 amide bonds. The summed E-state index contributed by atoms with van der Waals surface area (Å²) in [6, 6.07) is 8.85. The van der Waals surface area contributed by atoms with E-state index in [0.717, 1.165) is 18.9 Å². The summed E-state index contributed by atoms with van der Waals surface area (Å²) in [5.74, 6) is 1.53.